The van der Waals surface area contributed by atoms with Crippen LogP contribution in [0.15, 0.2) is 0 Å². The van der Waals surface area contributed by atoms with Gasteiger partial charge in [-0.1, -0.05) is 0 Å². The summed E-state index contributed by atoms with van der Waals surface area (Å²) in [6.45, 7) is 6.61. The summed E-state index contributed by atoms with van der Waals surface area (Å²) in [5, 5.41) is 5.79. The standard InChI is InChI=1S/C11H21N3O3/c1-11(2,3)17-10(16)14-8-4-7(9(12)15)5-13-6-8/h7-8,13H,4-6H2,1-3H3,(H2,12,15)(H,14,16)/t7-,8+/m0/s1. The third-order valence-electron chi connectivity index (χ3n) is 2.47. The van der Waals surface area contributed by atoms with Crippen molar-refractivity contribution in [3.63, 3.8) is 0 Å². The van der Waals surface area contributed by atoms with Crippen molar-refractivity contribution < 1.29 is 14.3 Å². The van der Waals surface area contributed by atoms with Crippen molar-refractivity contribution in [3.8, 4) is 0 Å². The second-order valence-electron chi connectivity index (χ2n) is 5.34. The Bertz CT molecular complexity index is 299. The van der Waals surface area contributed by atoms with E-state index in [9.17, 15) is 9.59 Å². The predicted octanol–water partition coefficient (Wildman–Crippen LogP) is -0.0255. The highest BCUT2D eigenvalue weighted by Gasteiger charge is 2.27. The zero-order chi connectivity index (χ0) is 13.1. The second kappa shape index (κ2) is 5.35. The van der Waals surface area contributed by atoms with Gasteiger partial charge in [0.15, 0.2) is 0 Å². The third-order valence-corrected chi connectivity index (χ3v) is 2.47. The molecule has 17 heavy (non-hydrogen) atoms. The van der Waals surface area contributed by atoms with Gasteiger partial charge in [0.25, 0.3) is 0 Å². The first-order valence-corrected chi connectivity index (χ1v) is 5.77. The van der Waals surface area contributed by atoms with Crippen LogP contribution in [0.25, 0.3) is 0 Å². The Hall–Kier alpha value is -1.30. The van der Waals surface area contributed by atoms with E-state index in [0.29, 0.717) is 19.5 Å². The van der Waals surface area contributed by atoms with E-state index >= 15 is 0 Å². The number of ether oxygens (including phenoxy) is 1. The van der Waals surface area contributed by atoms with Gasteiger partial charge in [0.2, 0.25) is 5.91 Å². The lowest BCUT2D eigenvalue weighted by Gasteiger charge is -2.29. The molecule has 1 saturated heterocycles. The Balaban J connectivity index is 2.41. The van der Waals surface area contributed by atoms with Crippen LogP contribution in [-0.2, 0) is 9.53 Å². The van der Waals surface area contributed by atoms with E-state index in [0.717, 1.165) is 0 Å². The summed E-state index contributed by atoms with van der Waals surface area (Å²) in [4.78, 5) is 22.6. The van der Waals surface area contributed by atoms with Gasteiger partial charge in [-0.2, -0.15) is 0 Å². The van der Waals surface area contributed by atoms with Crippen LogP contribution in [0.3, 0.4) is 0 Å². The van der Waals surface area contributed by atoms with Gasteiger partial charge in [-0.15, -0.1) is 0 Å². The molecule has 98 valence electrons. The SMILES string of the molecule is CC(C)(C)OC(=O)N[C@H]1CNC[C@@H](C(N)=O)C1. The summed E-state index contributed by atoms with van der Waals surface area (Å²) in [5.74, 6) is -0.572. The van der Waals surface area contributed by atoms with Gasteiger partial charge in [-0.25, -0.2) is 4.79 Å². The summed E-state index contributed by atoms with van der Waals surface area (Å²) in [6, 6.07) is -0.115. The number of amides is 2. The lowest BCUT2D eigenvalue weighted by Crippen LogP contribution is -2.52. The summed E-state index contributed by atoms with van der Waals surface area (Å²) in [5.41, 5.74) is 4.72. The van der Waals surface area contributed by atoms with E-state index in [1.165, 1.54) is 0 Å². The van der Waals surface area contributed by atoms with Gasteiger partial charge < -0.3 is 21.1 Å². The molecular weight excluding hydrogens is 222 g/mol. The van der Waals surface area contributed by atoms with Crippen molar-refractivity contribution in [2.45, 2.75) is 38.8 Å². The molecular formula is C11H21N3O3. The number of carbonyl (C=O) groups is 2. The molecule has 0 aromatic rings. The normalized spacial score (nSPS) is 25.1. The van der Waals surface area contributed by atoms with E-state index in [1.807, 2.05) is 0 Å². The van der Waals surface area contributed by atoms with Crippen LogP contribution >= 0.6 is 0 Å². The van der Waals surface area contributed by atoms with Crippen LogP contribution in [0.2, 0.25) is 0 Å². The van der Waals surface area contributed by atoms with Crippen molar-refractivity contribution in [2.75, 3.05) is 13.1 Å². The van der Waals surface area contributed by atoms with Crippen molar-refractivity contribution >= 4 is 12.0 Å². The van der Waals surface area contributed by atoms with Gasteiger partial charge in [0.1, 0.15) is 5.60 Å². The molecule has 0 aliphatic carbocycles. The predicted molar refractivity (Wildman–Crippen MR) is 63.3 cm³/mol. The van der Waals surface area contributed by atoms with Crippen LogP contribution < -0.4 is 16.4 Å². The molecule has 2 amide bonds. The van der Waals surface area contributed by atoms with Crippen molar-refractivity contribution in [2.24, 2.45) is 11.7 Å². The number of hydrogen-bond acceptors (Lipinski definition) is 4. The Labute approximate surface area is 101 Å². The van der Waals surface area contributed by atoms with Crippen LogP contribution in [0.4, 0.5) is 4.79 Å². The zero-order valence-electron chi connectivity index (χ0n) is 10.6. The lowest BCUT2D eigenvalue weighted by atomic mass is 9.95. The van der Waals surface area contributed by atoms with E-state index in [-0.39, 0.29) is 17.9 Å². The number of nitrogens with one attached hydrogen (secondary N) is 2. The van der Waals surface area contributed by atoms with E-state index in [1.54, 1.807) is 20.8 Å². The Morgan fingerprint density at radius 1 is 1.35 bits per heavy atom. The number of hydrogen-bond donors (Lipinski definition) is 3. The van der Waals surface area contributed by atoms with E-state index in [2.05, 4.69) is 10.6 Å². The lowest BCUT2D eigenvalue weighted by molar-refractivity contribution is -0.122. The van der Waals surface area contributed by atoms with Crippen LogP contribution in [0, 0.1) is 5.92 Å². The van der Waals surface area contributed by atoms with E-state index < -0.39 is 11.7 Å². The maximum absolute atomic E-state index is 11.5. The smallest absolute Gasteiger partial charge is 0.407 e. The minimum atomic E-state index is -0.519. The summed E-state index contributed by atoms with van der Waals surface area (Å²) < 4.78 is 5.14. The molecule has 6 heteroatoms. The minimum Gasteiger partial charge on any atom is -0.444 e. The van der Waals surface area contributed by atoms with E-state index in [4.69, 9.17) is 10.5 Å². The topological polar surface area (TPSA) is 93.4 Å². The molecule has 1 aliphatic heterocycles. The maximum atomic E-state index is 11.5. The zero-order valence-corrected chi connectivity index (χ0v) is 10.6. The molecule has 0 aromatic heterocycles. The molecule has 1 fully saturated rings. The molecule has 6 nitrogen and oxygen atoms in total. The number of carbonyl (C=O) groups excluding carboxylic acids is 2. The molecule has 1 rings (SSSR count). The minimum absolute atomic E-state index is 0.115. The van der Waals surface area contributed by atoms with Crippen molar-refractivity contribution in [3.05, 3.63) is 0 Å². The highest BCUT2D eigenvalue weighted by Crippen LogP contribution is 2.12. The average Bonchev–Trinajstić information content (AvgIpc) is 2.14. The summed E-state index contributed by atoms with van der Waals surface area (Å²) >= 11 is 0. The highest BCUT2D eigenvalue weighted by molar-refractivity contribution is 5.77. The quantitative estimate of drug-likeness (QED) is 0.635. The van der Waals surface area contributed by atoms with Crippen molar-refractivity contribution in [1.82, 2.24) is 10.6 Å². The fourth-order valence-electron chi connectivity index (χ4n) is 1.74. The number of nitrogens with two attached hydrogens (primary N) is 1. The Morgan fingerprint density at radius 2 is 2.00 bits per heavy atom. The monoisotopic (exact) mass is 243 g/mol. The summed E-state index contributed by atoms with van der Waals surface area (Å²) in [7, 11) is 0. The Kier molecular flexibility index (Phi) is 4.34. The molecule has 0 aromatic carbocycles. The number of rotatable bonds is 2. The number of piperidine rings is 1. The molecule has 1 heterocycles. The Morgan fingerprint density at radius 3 is 2.53 bits per heavy atom. The third kappa shape index (κ3) is 5.04. The maximum Gasteiger partial charge on any atom is 0.407 e. The fraction of sp³-hybridized carbons (Fsp3) is 0.818. The molecule has 1 aliphatic rings. The molecule has 4 N–H and O–H groups in total. The first kappa shape index (κ1) is 13.8. The van der Waals surface area contributed by atoms with Gasteiger partial charge in [-0.3, -0.25) is 4.79 Å². The van der Waals surface area contributed by atoms with Gasteiger partial charge in [0, 0.05) is 19.1 Å². The van der Waals surface area contributed by atoms with Gasteiger partial charge >= 0.3 is 6.09 Å². The molecule has 0 unspecified atom stereocenters. The molecule has 0 spiro atoms. The van der Waals surface area contributed by atoms with Gasteiger partial charge in [-0.05, 0) is 27.2 Å². The fourth-order valence-corrected chi connectivity index (χ4v) is 1.74. The molecule has 0 bridgehead atoms. The first-order valence-electron chi connectivity index (χ1n) is 5.77. The highest BCUT2D eigenvalue weighted by atomic mass is 16.6. The van der Waals surface area contributed by atoms with Crippen molar-refractivity contribution in [1.29, 1.82) is 0 Å². The molecule has 0 radical (unpaired) electrons. The van der Waals surface area contributed by atoms with Crippen LogP contribution in [0.5, 0.6) is 0 Å². The largest absolute Gasteiger partial charge is 0.444 e. The van der Waals surface area contributed by atoms with Crippen LogP contribution in [-0.4, -0.2) is 36.7 Å². The first-order chi connectivity index (χ1) is 7.78. The average molecular weight is 243 g/mol. The molecule has 2 atom stereocenters. The number of alkyl carbamates (subject to hydrolysis) is 1. The van der Waals surface area contributed by atoms with Crippen LogP contribution in [0.1, 0.15) is 27.2 Å². The number of primary amides is 1. The second-order valence-corrected chi connectivity index (χ2v) is 5.34. The summed E-state index contributed by atoms with van der Waals surface area (Å²) in [6.07, 6.45) is 0.0936. The van der Waals surface area contributed by atoms with Gasteiger partial charge in [0.05, 0.1) is 5.92 Å². The molecule has 0 saturated carbocycles.